The Hall–Kier alpha value is -6.78. The van der Waals surface area contributed by atoms with Gasteiger partial charge in [0.1, 0.15) is 23.0 Å². The Bertz CT molecular complexity index is 3380. The average molecular weight is 884 g/mol. The maximum absolute atomic E-state index is 7.13. The third-order valence-corrected chi connectivity index (χ3v) is 16.9. The molecular weight excluding hydrogens is 826 g/mol. The van der Waals surface area contributed by atoms with Crippen LogP contribution in [0.4, 0.5) is 0 Å². The molecule has 2 aliphatic carbocycles. The molecule has 0 spiro atoms. The second-order valence-corrected chi connectivity index (χ2v) is 23.0. The average Bonchev–Trinajstić information content (AvgIpc) is 3.68. The van der Waals surface area contributed by atoms with E-state index >= 15 is 0 Å². The van der Waals surface area contributed by atoms with Crippen molar-refractivity contribution in [1.29, 1.82) is 0 Å². The van der Waals surface area contributed by atoms with Crippen LogP contribution in [0, 0.1) is 0 Å². The van der Waals surface area contributed by atoms with Crippen molar-refractivity contribution in [3.8, 4) is 62.1 Å². The number of aromatic nitrogens is 1. The lowest BCUT2D eigenvalue weighted by atomic mass is 9.34. The van der Waals surface area contributed by atoms with Crippen molar-refractivity contribution >= 4 is 44.9 Å². The molecule has 13 rings (SSSR count). The lowest BCUT2D eigenvalue weighted by Gasteiger charge is -2.42. The number of ether oxygens (including phenoxy) is 2. The van der Waals surface area contributed by atoms with Crippen molar-refractivity contribution in [2.75, 3.05) is 0 Å². The molecular formula is C64H58BNO2. The van der Waals surface area contributed by atoms with Crippen molar-refractivity contribution in [3.63, 3.8) is 0 Å². The first-order valence-corrected chi connectivity index (χ1v) is 24.9. The lowest BCUT2D eigenvalue weighted by molar-refractivity contribution is 0.332. The van der Waals surface area contributed by atoms with Gasteiger partial charge in [0.25, 0.3) is 6.71 Å². The molecule has 3 heterocycles. The summed E-state index contributed by atoms with van der Waals surface area (Å²) in [6, 6.07) is 59.0. The fourth-order valence-corrected chi connectivity index (χ4v) is 12.6. The summed E-state index contributed by atoms with van der Waals surface area (Å²) in [6.45, 7) is 19.2. The highest BCUT2D eigenvalue weighted by Gasteiger charge is 2.42. The Morgan fingerprint density at radius 1 is 0.368 bits per heavy atom. The number of hydrogen-bond acceptors (Lipinski definition) is 2. The maximum atomic E-state index is 7.13. The van der Waals surface area contributed by atoms with Gasteiger partial charge in [0.15, 0.2) is 0 Å². The molecule has 0 unspecified atom stereocenters. The van der Waals surface area contributed by atoms with E-state index in [1.807, 2.05) is 0 Å². The molecule has 4 aliphatic rings. The van der Waals surface area contributed by atoms with Gasteiger partial charge in [0, 0.05) is 21.9 Å². The van der Waals surface area contributed by atoms with Gasteiger partial charge in [-0.05, 0) is 162 Å². The number of fused-ring (bicyclic) bond motifs is 9. The molecule has 9 aromatic rings. The molecule has 8 aromatic carbocycles. The molecule has 68 heavy (non-hydrogen) atoms. The number of hydrogen-bond donors (Lipinski definition) is 0. The molecule has 3 nitrogen and oxygen atoms in total. The van der Waals surface area contributed by atoms with Crippen LogP contribution in [0.15, 0.2) is 158 Å². The normalized spacial score (nSPS) is 17.6. The van der Waals surface area contributed by atoms with E-state index in [2.05, 4.69) is 218 Å². The molecule has 2 aliphatic heterocycles. The van der Waals surface area contributed by atoms with E-state index in [9.17, 15) is 0 Å². The third kappa shape index (κ3) is 6.25. The summed E-state index contributed by atoms with van der Waals surface area (Å²) in [6.07, 6.45) is 4.77. The molecule has 0 atom stereocenters. The maximum Gasteiger partial charge on any atom is 0.260 e. The summed E-state index contributed by atoms with van der Waals surface area (Å²) < 4.78 is 16.6. The number of rotatable bonds is 4. The van der Waals surface area contributed by atoms with Crippen LogP contribution in [0.3, 0.4) is 0 Å². The molecule has 0 saturated heterocycles. The summed E-state index contributed by atoms with van der Waals surface area (Å²) in [4.78, 5) is 0. The molecule has 0 amide bonds. The zero-order valence-corrected chi connectivity index (χ0v) is 40.7. The molecule has 334 valence electrons. The van der Waals surface area contributed by atoms with Gasteiger partial charge in [-0.3, -0.25) is 0 Å². The van der Waals surface area contributed by atoms with E-state index in [0.717, 1.165) is 45.3 Å². The minimum atomic E-state index is -0.0474. The number of para-hydroxylation sites is 2. The Balaban J connectivity index is 0.939. The second kappa shape index (κ2) is 14.4. The van der Waals surface area contributed by atoms with Gasteiger partial charge in [-0.1, -0.05) is 165 Å². The van der Waals surface area contributed by atoms with Crippen molar-refractivity contribution in [3.05, 3.63) is 180 Å². The van der Waals surface area contributed by atoms with Crippen molar-refractivity contribution in [1.82, 2.24) is 4.57 Å². The Morgan fingerprint density at radius 3 is 1.22 bits per heavy atom. The lowest BCUT2D eigenvalue weighted by Crippen LogP contribution is -2.57. The van der Waals surface area contributed by atoms with E-state index in [4.69, 9.17) is 9.47 Å². The standard InChI is InChI=1S/C64H58BNO2/c1-61(2)29-31-63(5,6)50-33-40(19-25-48(50)61)42-21-27-52-56(35-42)67-58-37-44(39-17-23-45(24-18-39)66-54-15-11-9-13-46(54)47-14-10-12-16-55(47)66)38-59-60(58)65(52)53-28-22-43(36-57(53)68-59)41-20-26-49-51(34-41)64(7,8)32-30-62(49,3)4/h9-28,33-38H,29-32H2,1-8H3. The van der Waals surface area contributed by atoms with E-state index in [-0.39, 0.29) is 28.4 Å². The van der Waals surface area contributed by atoms with Gasteiger partial charge in [-0.2, -0.15) is 0 Å². The van der Waals surface area contributed by atoms with Gasteiger partial charge >= 0.3 is 0 Å². The van der Waals surface area contributed by atoms with Crippen molar-refractivity contribution in [2.45, 2.75) is 103 Å². The quantitative estimate of drug-likeness (QED) is 0.164. The van der Waals surface area contributed by atoms with Crippen LogP contribution in [-0.4, -0.2) is 11.3 Å². The first-order valence-electron chi connectivity index (χ1n) is 24.9. The van der Waals surface area contributed by atoms with Crippen LogP contribution in [-0.2, 0) is 21.7 Å². The number of benzene rings is 8. The minimum Gasteiger partial charge on any atom is -0.458 e. The predicted octanol–water partition coefficient (Wildman–Crippen LogP) is 15.2. The first-order chi connectivity index (χ1) is 32.6. The van der Waals surface area contributed by atoms with Crippen LogP contribution in [0.5, 0.6) is 23.0 Å². The first kappa shape index (κ1) is 41.4. The van der Waals surface area contributed by atoms with Gasteiger partial charge < -0.3 is 14.0 Å². The Morgan fingerprint density at radius 2 is 0.750 bits per heavy atom. The van der Waals surface area contributed by atoms with Gasteiger partial charge in [0.2, 0.25) is 0 Å². The molecule has 0 N–H and O–H groups in total. The van der Waals surface area contributed by atoms with E-state index in [1.54, 1.807) is 0 Å². The molecule has 1 aromatic heterocycles. The fraction of sp³-hybridized carbons (Fsp3) is 0.250. The van der Waals surface area contributed by atoms with E-state index in [0.29, 0.717) is 0 Å². The molecule has 0 bridgehead atoms. The third-order valence-electron chi connectivity index (χ3n) is 16.9. The van der Waals surface area contributed by atoms with Gasteiger partial charge in [-0.25, -0.2) is 0 Å². The molecule has 0 radical (unpaired) electrons. The summed E-state index contributed by atoms with van der Waals surface area (Å²) in [5, 5.41) is 2.52. The minimum absolute atomic E-state index is 0.0474. The fourth-order valence-electron chi connectivity index (χ4n) is 12.6. The summed E-state index contributed by atoms with van der Waals surface area (Å²) >= 11 is 0. The summed E-state index contributed by atoms with van der Waals surface area (Å²) in [5.74, 6) is 3.50. The molecule has 4 heteroatoms. The molecule has 0 fully saturated rings. The highest BCUT2D eigenvalue weighted by Crippen LogP contribution is 2.49. The van der Waals surface area contributed by atoms with Crippen molar-refractivity contribution < 1.29 is 9.47 Å². The Labute approximate surface area is 401 Å². The topological polar surface area (TPSA) is 23.4 Å². The van der Waals surface area contributed by atoms with Crippen LogP contribution >= 0.6 is 0 Å². The highest BCUT2D eigenvalue weighted by atomic mass is 16.5. The SMILES string of the molecule is CC1(C)CCC(C)(C)c2cc(-c3ccc4c(c3)Oc3cc(-c5ccc(-n6c7ccccc7c7ccccc76)cc5)cc5c3B4c3ccc(-c4ccc6c(c4)C(C)(C)CCC6(C)C)cc3O5)ccc21. The van der Waals surface area contributed by atoms with Crippen LogP contribution in [0.1, 0.15) is 103 Å². The summed E-state index contributed by atoms with van der Waals surface area (Å²) in [7, 11) is 0. The van der Waals surface area contributed by atoms with Gasteiger partial charge in [0.05, 0.1) is 11.0 Å². The zero-order valence-electron chi connectivity index (χ0n) is 40.7. The second-order valence-electron chi connectivity index (χ2n) is 23.0. The predicted molar refractivity (Wildman–Crippen MR) is 285 cm³/mol. The van der Waals surface area contributed by atoms with E-state index < -0.39 is 0 Å². The van der Waals surface area contributed by atoms with Crippen molar-refractivity contribution in [2.24, 2.45) is 0 Å². The smallest absolute Gasteiger partial charge is 0.260 e. The zero-order chi connectivity index (χ0) is 46.5. The van der Waals surface area contributed by atoms with Gasteiger partial charge in [-0.15, -0.1) is 0 Å². The molecule has 0 saturated carbocycles. The number of nitrogens with zero attached hydrogens (tertiary/aromatic N) is 1. The summed E-state index contributed by atoms with van der Waals surface area (Å²) in [5.41, 5.74) is 20.4. The largest absolute Gasteiger partial charge is 0.458 e. The van der Waals surface area contributed by atoms with Crippen LogP contribution < -0.4 is 25.9 Å². The van der Waals surface area contributed by atoms with Crippen LogP contribution in [0.25, 0.3) is 60.9 Å². The van der Waals surface area contributed by atoms with Crippen LogP contribution in [0.2, 0.25) is 0 Å². The van der Waals surface area contributed by atoms with E-state index in [1.165, 1.54) is 103 Å². The highest BCUT2D eigenvalue weighted by molar-refractivity contribution is 6.98. The Kier molecular flexibility index (Phi) is 8.75. The monoisotopic (exact) mass is 883 g/mol.